The number of nitrogens with one attached hydrogen (secondary N) is 2. The van der Waals surface area contributed by atoms with Crippen LogP contribution < -0.4 is 16.4 Å². The molecule has 13 heteroatoms. The number of oxazole rings is 1. The predicted octanol–water partition coefficient (Wildman–Crippen LogP) is 4.51. The van der Waals surface area contributed by atoms with E-state index in [1.807, 2.05) is 0 Å². The molecule has 0 saturated heterocycles. The number of amides is 2. The van der Waals surface area contributed by atoms with Crippen LogP contribution in [0.15, 0.2) is 56.0 Å². The number of nitrogens with zero attached hydrogens (tertiary/aromatic N) is 3. The molecular weight excluding hydrogens is 509 g/mol. The Labute approximate surface area is 205 Å². The molecule has 0 fully saturated rings. The van der Waals surface area contributed by atoms with Gasteiger partial charge >= 0.3 is 5.76 Å². The Morgan fingerprint density at radius 3 is 2.70 bits per heavy atom. The molecule has 33 heavy (non-hydrogen) atoms. The van der Waals surface area contributed by atoms with Crippen LogP contribution in [-0.2, 0) is 16.1 Å². The van der Waals surface area contributed by atoms with Crippen molar-refractivity contribution in [3.05, 3.63) is 63.1 Å². The van der Waals surface area contributed by atoms with Gasteiger partial charge in [0.25, 0.3) is 0 Å². The van der Waals surface area contributed by atoms with Crippen molar-refractivity contribution in [2.75, 3.05) is 16.4 Å². The fourth-order valence-electron chi connectivity index (χ4n) is 2.81. The van der Waals surface area contributed by atoms with Crippen LogP contribution in [0.4, 0.5) is 10.8 Å². The predicted molar refractivity (Wildman–Crippen MR) is 129 cm³/mol. The van der Waals surface area contributed by atoms with E-state index in [-0.39, 0.29) is 18.9 Å². The highest BCUT2D eigenvalue weighted by Gasteiger charge is 2.14. The van der Waals surface area contributed by atoms with Gasteiger partial charge in [-0.25, -0.2) is 4.79 Å². The number of carbonyl (C=O) groups excluding carboxylic acids is 2. The van der Waals surface area contributed by atoms with E-state index in [0.29, 0.717) is 42.1 Å². The Balaban J connectivity index is 1.26. The highest BCUT2D eigenvalue weighted by atomic mass is 35.5. The quantitative estimate of drug-likeness (QED) is 0.257. The van der Waals surface area contributed by atoms with Gasteiger partial charge in [-0.15, -0.1) is 10.2 Å². The summed E-state index contributed by atoms with van der Waals surface area (Å²) < 4.78 is 6.96. The Hall–Kier alpha value is -2.86. The summed E-state index contributed by atoms with van der Waals surface area (Å²) >= 11 is 14.3. The summed E-state index contributed by atoms with van der Waals surface area (Å²) in [4.78, 5) is 36.4. The van der Waals surface area contributed by atoms with Crippen LogP contribution in [0.2, 0.25) is 10.0 Å². The summed E-state index contributed by atoms with van der Waals surface area (Å²) in [5.41, 5.74) is 1.50. The summed E-state index contributed by atoms with van der Waals surface area (Å²) in [5, 5.41) is 14.4. The highest BCUT2D eigenvalue weighted by Crippen LogP contribution is 2.27. The summed E-state index contributed by atoms with van der Waals surface area (Å²) in [6.45, 7) is -0.215. The third-order valence-electron chi connectivity index (χ3n) is 4.29. The zero-order valence-corrected chi connectivity index (χ0v) is 19.9. The van der Waals surface area contributed by atoms with Crippen molar-refractivity contribution in [3.63, 3.8) is 0 Å². The molecule has 170 valence electrons. The number of benzene rings is 2. The topological polar surface area (TPSA) is 119 Å². The number of rotatable bonds is 8. The largest absolute Gasteiger partial charge is 0.420 e. The van der Waals surface area contributed by atoms with E-state index in [1.165, 1.54) is 27.7 Å². The molecule has 2 aromatic carbocycles. The highest BCUT2D eigenvalue weighted by molar-refractivity contribution is 8.01. The maximum absolute atomic E-state index is 12.4. The normalized spacial score (nSPS) is 11.0. The van der Waals surface area contributed by atoms with Crippen LogP contribution in [-0.4, -0.2) is 32.3 Å². The summed E-state index contributed by atoms with van der Waals surface area (Å²) in [6.07, 6.45) is 0.239. The number of halogens is 2. The number of hydrogen-bond acceptors (Lipinski definition) is 8. The van der Waals surface area contributed by atoms with Gasteiger partial charge in [0.05, 0.1) is 15.6 Å². The van der Waals surface area contributed by atoms with Gasteiger partial charge in [-0.05, 0) is 30.3 Å². The Kier molecular flexibility index (Phi) is 7.33. The number of para-hydroxylation sites is 2. The van der Waals surface area contributed by atoms with Gasteiger partial charge in [0.2, 0.25) is 16.9 Å². The number of anilines is 2. The van der Waals surface area contributed by atoms with Crippen molar-refractivity contribution in [3.8, 4) is 0 Å². The molecule has 0 bridgehead atoms. The van der Waals surface area contributed by atoms with Crippen molar-refractivity contribution in [1.82, 2.24) is 14.8 Å². The van der Waals surface area contributed by atoms with Crippen molar-refractivity contribution >= 4 is 80.0 Å². The minimum absolute atomic E-state index is 0.184. The molecule has 0 aliphatic heterocycles. The Bertz CT molecular complexity index is 1380. The molecule has 0 aliphatic rings. The molecule has 0 aliphatic carbocycles. The molecular formula is C20H15Cl2N5O4S2. The molecule has 0 unspecified atom stereocenters. The number of carbonyl (C=O) groups is 2. The van der Waals surface area contributed by atoms with Gasteiger partial charge in [0.1, 0.15) is 6.54 Å². The first-order valence-electron chi connectivity index (χ1n) is 9.48. The first-order valence-corrected chi connectivity index (χ1v) is 12.0. The first kappa shape index (κ1) is 23.3. The molecule has 0 radical (unpaired) electrons. The van der Waals surface area contributed by atoms with E-state index in [4.69, 9.17) is 27.6 Å². The van der Waals surface area contributed by atoms with Gasteiger partial charge in [0, 0.05) is 17.9 Å². The number of aromatic nitrogens is 3. The monoisotopic (exact) mass is 523 g/mol. The van der Waals surface area contributed by atoms with Crippen molar-refractivity contribution in [1.29, 1.82) is 0 Å². The third-order valence-corrected chi connectivity index (χ3v) is 7.00. The molecule has 0 saturated carbocycles. The maximum atomic E-state index is 12.4. The van der Waals surface area contributed by atoms with Crippen LogP contribution in [0.3, 0.4) is 0 Å². The van der Waals surface area contributed by atoms with Gasteiger partial charge in [-0.2, -0.15) is 0 Å². The van der Waals surface area contributed by atoms with Crippen LogP contribution in [0.1, 0.15) is 6.42 Å². The van der Waals surface area contributed by atoms with Gasteiger partial charge in [0.15, 0.2) is 9.92 Å². The smallest absolute Gasteiger partial charge is 0.408 e. The van der Waals surface area contributed by atoms with Crippen LogP contribution in [0.5, 0.6) is 0 Å². The summed E-state index contributed by atoms with van der Waals surface area (Å²) in [7, 11) is 0. The van der Waals surface area contributed by atoms with Crippen molar-refractivity contribution in [2.45, 2.75) is 17.3 Å². The van der Waals surface area contributed by atoms with Crippen LogP contribution in [0, 0.1) is 0 Å². The Morgan fingerprint density at radius 2 is 1.88 bits per heavy atom. The lowest BCUT2D eigenvalue weighted by Gasteiger charge is -2.05. The average Bonchev–Trinajstić information content (AvgIpc) is 3.34. The van der Waals surface area contributed by atoms with E-state index >= 15 is 0 Å². The zero-order valence-electron chi connectivity index (χ0n) is 16.7. The Morgan fingerprint density at radius 1 is 1.06 bits per heavy atom. The lowest BCUT2D eigenvalue weighted by Crippen LogP contribution is -2.24. The van der Waals surface area contributed by atoms with E-state index in [2.05, 4.69) is 20.8 Å². The summed E-state index contributed by atoms with van der Waals surface area (Å²) in [6, 6.07) is 11.7. The average molecular weight is 524 g/mol. The summed E-state index contributed by atoms with van der Waals surface area (Å²) in [5.74, 6) is -0.764. The fourth-order valence-corrected chi connectivity index (χ4v) is 4.89. The number of hydrogen-bond donors (Lipinski definition) is 2. The minimum atomic E-state index is -0.612. The van der Waals surface area contributed by atoms with Crippen LogP contribution in [0.25, 0.3) is 11.1 Å². The van der Waals surface area contributed by atoms with Crippen molar-refractivity contribution in [2.24, 2.45) is 0 Å². The fraction of sp³-hybridized carbons (Fsp3) is 0.150. The second kappa shape index (κ2) is 10.4. The van der Waals surface area contributed by atoms with Crippen molar-refractivity contribution < 1.29 is 14.0 Å². The van der Waals surface area contributed by atoms with Gasteiger partial charge in [-0.1, -0.05) is 58.4 Å². The van der Waals surface area contributed by atoms with E-state index in [9.17, 15) is 14.4 Å². The minimum Gasteiger partial charge on any atom is -0.408 e. The standard InChI is InChI=1S/C20H15Cl2N5O4S2/c21-12-6-5-11(9-13(12)22)23-16(28)7-8-32-19-26-25-18(33-19)24-17(29)10-27-14-3-1-2-4-15(14)31-20(27)30/h1-6,9H,7-8,10H2,(H,23,28)(H,24,25,29). The second-order valence-electron chi connectivity index (χ2n) is 6.62. The van der Waals surface area contributed by atoms with Crippen LogP contribution >= 0.6 is 46.3 Å². The van der Waals surface area contributed by atoms with E-state index < -0.39 is 11.7 Å². The maximum Gasteiger partial charge on any atom is 0.420 e. The molecule has 2 amide bonds. The molecule has 9 nitrogen and oxygen atoms in total. The number of thioether (sulfide) groups is 1. The van der Waals surface area contributed by atoms with E-state index in [0.717, 1.165) is 0 Å². The molecule has 4 rings (SSSR count). The number of fused-ring (bicyclic) bond motifs is 1. The van der Waals surface area contributed by atoms with Gasteiger partial charge < -0.3 is 9.73 Å². The van der Waals surface area contributed by atoms with E-state index in [1.54, 1.807) is 42.5 Å². The third kappa shape index (κ3) is 5.93. The molecule has 2 N–H and O–H groups in total. The SMILES string of the molecule is O=C(CCSc1nnc(NC(=O)Cn2c(=O)oc3ccccc32)s1)Nc1ccc(Cl)c(Cl)c1. The second-order valence-corrected chi connectivity index (χ2v) is 9.75. The van der Waals surface area contributed by atoms with Gasteiger partial charge in [-0.3, -0.25) is 19.5 Å². The molecule has 4 aromatic rings. The lowest BCUT2D eigenvalue weighted by atomic mass is 10.3. The molecule has 2 heterocycles. The molecule has 2 aromatic heterocycles. The lowest BCUT2D eigenvalue weighted by molar-refractivity contribution is -0.117. The zero-order chi connectivity index (χ0) is 23.4. The molecule has 0 atom stereocenters. The molecule has 0 spiro atoms. The first-order chi connectivity index (χ1) is 15.9.